The summed E-state index contributed by atoms with van der Waals surface area (Å²) in [6, 6.07) is 135. The van der Waals surface area contributed by atoms with Gasteiger partial charge >= 0.3 is 0 Å². The minimum atomic E-state index is -0.0415. The lowest BCUT2D eigenvalue weighted by Gasteiger charge is -2.44. The predicted molar refractivity (Wildman–Crippen MR) is 434 cm³/mol. The van der Waals surface area contributed by atoms with Crippen LogP contribution in [-0.2, 0) is 0 Å². The fourth-order valence-corrected chi connectivity index (χ4v) is 17.1. The van der Waals surface area contributed by atoms with Crippen molar-refractivity contribution in [3.05, 3.63) is 375 Å². The largest absolute Gasteiger partial charge is 0.311 e. The molecule has 4 aliphatic heterocycles. The molecule has 0 spiro atoms. The summed E-state index contributed by atoms with van der Waals surface area (Å²) in [5.41, 5.74) is 32.9. The van der Waals surface area contributed by atoms with Gasteiger partial charge in [0, 0.05) is 102 Å². The SMILES string of the molecule is Cc1ccc(N2c3ccc(C)cc3B3c4ccc(N(c5ccccc5)c5ccc6c(-c7cccc(N8c9cc(N(c%10ccccc%10)c%10cccc%11ccccc%10%11)ccc9B9c%10ccccc%10N(c%10ccccc%10)c%10cccc8c%109)c7)cccc6c5)cc4N(c4ccccc4)c4cccc2c43)cc1. The monoisotopic (exact) mass is 1300 g/mol. The van der Waals surface area contributed by atoms with E-state index in [4.69, 9.17) is 0 Å². The number of para-hydroxylation sites is 5. The molecule has 16 aromatic rings. The Kier molecular flexibility index (Phi) is 13.8. The summed E-state index contributed by atoms with van der Waals surface area (Å²) >= 11 is 0. The highest BCUT2D eigenvalue weighted by Gasteiger charge is 2.46. The molecule has 0 amide bonds. The van der Waals surface area contributed by atoms with Gasteiger partial charge in [-0.15, -0.1) is 0 Å². The van der Waals surface area contributed by atoms with Crippen LogP contribution in [0.5, 0.6) is 0 Å². The van der Waals surface area contributed by atoms with E-state index in [0.29, 0.717) is 0 Å². The Morgan fingerprint density at radius 2 is 0.676 bits per heavy atom. The molecule has 0 aromatic heterocycles. The Bertz CT molecular complexity index is 5980. The van der Waals surface area contributed by atoms with Crippen LogP contribution in [0.3, 0.4) is 0 Å². The zero-order valence-electron chi connectivity index (χ0n) is 56.5. The van der Waals surface area contributed by atoms with E-state index in [2.05, 4.69) is 407 Å². The topological polar surface area (TPSA) is 19.4 Å². The molecule has 0 fully saturated rings. The zero-order valence-corrected chi connectivity index (χ0v) is 56.5. The third-order valence-electron chi connectivity index (χ3n) is 21.4. The van der Waals surface area contributed by atoms with Crippen molar-refractivity contribution in [2.24, 2.45) is 0 Å². The van der Waals surface area contributed by atoms with Crippen LogP contribution in [0.1, 0.15) is 11.1 Å². The lowest BCUT2D eigenvalue weighted by Crippen LogP contribution is -2.61. The van der Waals surface area contributed by atoms with E-state index in [9.17, 15) is 0 Å². The summed E-state index contributed by atoms with van der Waals surface area (Å²) in [6.45, 7) is 4.34. The first-order chi connectivity index (χ1) is 50.5. The number of hydrogen-bond donors (Lipinski definition) is 0. The van der Waals surface area contributed by atoms with Gasteiger partial charge in [-0.25, -0.2) is 0 Å². The molecule has 102 heavy (non-hydrogen) atoms. The van der Waals surface area contributed by atoms with Crippen molar-refractivity contribution in [3.8, 4) is 11.1 Å². The molecule has 16 aromatic carbocycles. The van der Waals surface area contributed by atoms with Crippen LogP contribution in [0, 0.1) is 13.8 Å². The van der Waals surface area contributed by atoms with E-state index in [1.807, 2.05) is 0 Å². The summed E-state index contributed by atoms with van der Waals surface area (Å²) in [5.74, 6) is 0. The highest BCUT2D eigenvalue weighted by atomic mass is 15.2. The highest BCUT2D eigenvalue weighted by molar-refractivity contribution is 7.01. The second-order valence-corrected chi connectivity index (χ2v) is 27.3. The van der Waals surface area contributed by atoms with E-state index < -0.39 is 0 Å². The average Bonchev–Trinajstić information content (AvgIpc) is 0.705. The van der Waals surface area contributed by atoms with Gasteiger partial charge in [0.25, 0.3) is 13.4 Å². The molecule has 478 valence electrons. The summed E-state index contributed by atoms with van der Waals surface area (Å²) in [4.78, 5) is 14.9. The van der Waals surface area contributed by atoms with Gasteiger partial charge < -0.3 is 29.4 Å². The van der Waals surface area contributed by atoms with Crippen LogP contribution in [0.25, 0.3) is 32.7 Å². The third kappa shape index (κ3) is 9.44. The Morgan fingerprint density at radius 1 is 0.235 bits per heavy atom. The molecular weight excluding hydrogens is 1230 g/mol. The first kappa shape index (κ1) is 59.1. The average molecular weight is 1300 g/mol. The lowest BCUT2D eigenvalue weighted by atomic mass is 9.33. The summed E-state index contributed by atoms with van der Waals surface area (Å²) in [5, 5.41) is 4.71. The van der Waals surface area contributed by atoms with Gasteiger partial charge in [0.2, 0.25) is 0 Å². The molecule has 8 heteroatoms. The van der Waals surface area contributed by atoms with E-state index in [-0.39, 0.29) is 13.4 Å². The summed E-state index contributed by atoms with van der Waals surface area (Å²) < 4.78 is 0. The maximum Gasteiger partial charge on any atom is 0.252 e. The van der Waals surface area contributed by atoms with Crippen molar-refractivity contribution in [2.75, 3.05) is 29.4 Å². The Hall–Kier alpha value is -13.0. The van der Waals surface area contributed by atoms with Crippen LogP contribution in [0.2, 0.25) is 0 Å². The zero-order chi connectivity index (χ0) is 67.5. The molecule has 6 nitrogen and oxygen atoms in total. The third-order valence-corrected chi connectivity index (χ3v) is 21.4. The molecule has 0 N–H and O–H groups in total. The van der Waals surface area contributed by atoms with E-state index >= 15 is 0 Å². The number of anilines is 18. The molecule has 0 radical (unpaired) electrons. The second-order valence-electron chi connectivity index (χ2n) is 27.3. The first-order valence-corrected chi connectivity index (χ1v) is 35.4. The number of nitrogens with zero attached hydrogens (tertiary/aromatic N) is 6. The molecule has 4 heterocycles. The Balaban J connectivity index is 0.732. The minimum absolute atomic E-state index is 0.00934. The minimum Gasteiger partial charge on any atom is -0.311 e. The van der Waals surface area contributed by atoms with E-state index in [0.717, 1.165) is 90.4 Å². The highest BCUT2D eigenvalue weighted by Crippen LogP contribution is 2.50. The number of aryl methyl sites for hydroxylation is 2. The van der Waals surface area contributed by atoms with Gasteiger partial charge in [0.05, 0.1) is 5.69 Å². The summed E-state index contributed by atoms with van der Waals surface area (Å²) in [7, 11) is 0. The van der Waals surface area contributed by atoms with Crippen molar-refractivity contribution < 1.29 is 0 Å². The van der Waals surface area contributed by atoms with Crippen molar-refractivity contribution in [1.82, 2.24) is 0 Å². The van der Waals surface area contributed by atoms with Gasteiger partial charge in [-0.3, -0.25) is 0 Å². The maximum atomic E-state index is 2.55. The van der Waals surface area contributed by atoms with Crippen LogP contribution >= 0.6 is 0 Å². The van der Waals surface area contributed by atoms with Crippen LogP contribution in [0.15, 0.2) is 364 Å². The molecule has 0 bridgehead atoms. The fraction of sp³-hybridized carbons (Fsp3) is 0.0213. The van der Waals surface area contributed by atoms with E-state index in [1.165, 1.54) is 88.5 Å². The van der Waals surface area contributed by atoms with Crippen molar-refractivity contribution in [2.45, 2.75) is 13.8 Å². The van der Waals surface area contributed by atoms with Gasteiger partial charge in [0.15, 0.2) is 0 Å². The van der Waals surface area contributed by atoms with E-state index in [1.54, 1.807) is 0 Å². The normalized spacial score (nSPS) is 12.9. The molecule has 0 saturated carbocycles. The summed E-state index contributed by atoms with van der Waals surface area (Å²) in [6.07, 6.45) is 0. The smallest absolute Gasteiger partial charge is 0.252 e. The lowest BCUT2D eigenvalue weighted by molar-refractivity contribution is 1.24. The predicted octanol–water partition coefficient (Wildman–Crippen LogP) is 21.4. The van der Waals surface area contributed by atoms with Crippen LogP contribution in [-0.4, -0.2) is 13.4 Å². The first-order valence-electron chi connectivity index (χ1n) is 35.4. The van der Waals surface area contributed by atoms with Gasteiger partial charge in [-0.05, 0) is 226 Å². The quantitative estimate of drug-likeness (QED) is 0.119. The van der Waals surface area contributed by atoms with Gasteiger partial charge in [0.1, 0.15) is 0 Å². The van der Waals surface area contributed by atoms with Crippen LogP contribution < -0.4 is 62.2 Å². The fourth-order valence-electron chi connectivity index (χ4n) is 17.1. The molecule has 0 saturated heterocycles. The molecule has 0 aliphatic carbocycles. The molecule has 4 aliphatic rings. The maximum absolute atomic E-state index is 2.55. The van der Waals surface area contributed by atoms with Crippen molar-refractivity contribution in [1.29, 1.82) is 0 Å². The van der Waals surface area contributed by atoms with Crippen LogP contribution in [0.4, 0.5) is 102 Å². The molecule has 20 rings (SSSR count). The van der Waals surface area contributed by atoms with Crippen molar-refractivity contribution in [3.63, 3.8) is 0 Å². The number of benzene rings is 16. The van der Waals surface area contributed by atoms with Crippen molar-refractivity contribution >= 4 is 170 Å². The second kappa shape index (κ2) is 23.9. The number of rotatable bonds is 11. The van der Waals surface area contributed by atoms with Gasteiger partial charge in [-0.2, -0.15) is 0 Å². The van der Waals surface area contributed by atoms with Gasteiger partial charge in [-0.1, -0.05) is 223 Å². The molecule has 0 unspecified atom stereocenters. The molecular formula is C94H66B2N6. The Labute approximate surface area is 595 Å². The Morgan fingerprint density at radius 3 is 1.34 bits per heavy atom. The number of hydrogen-bond acceptors (Lipinski definition) is 6. The standard InChI is InChI=1S/C94H66B2N6/c1-63-46-49-72(50-47-63)100-86-57-48-64(2)58-83(86)96-82-55-52-75(61-91(82)101(71-34-13-6-14-35-71)89-44-22-43-88(100)94(89)96)97(68-28-7-3-8-29-68)74-51-54-78-67(60-74)27-20-38-77(78)66-26-19-36-73(59-66)102-90-45-23-42-87-93(90)95(80-39-17-18-40-85(80)99(87)70-32-11-5-12-33-70)81-56-53-76(62-92(81)102)98(69-30-9-4-10-31-69)84-41-21-25-65-24-15-16-37-79(65)84/h3-62H,1-2H3. The molecule has 0 atom stereocenters. The number of fused-ring (bicyclic) bond motifs is 10.